The zero-order valence-electron chi connectivity index (χ0n) is 30.8. The van der Waals surface area contributed by atoms with Crippen LogP contribution in [0.3, 0.4) is 0 Å². The van der Waals surface area contributed by atoms with Crippen LogP contribution >= 0.6 is 0 Å². The number of carbonyl (C=O) groups excluding carboxylic acids is 1. The summed E-state index contributed by atoms with van der Waals surface area (Å²) in [4.78, 5) is 24.0. The maximum Gasteiger partial charge on any atom is 0.248 e. The first kappa shape index (κ1) is 38.8. The average molecular weight is 714 g/mol. The van der Waals surface area contributed by atoms with Gasteiger partial charge in [0.15, 0.2) is 0 Å². The van der Waals surface area contributed by atoms with E-state index >= 15 is 0 Å². The molecule has 2 aliphatic rings. The van der Waals surface area contributed by atoms with E-state index in [1.807, 2.05) is 44.2 Å². The van der Waals surface area contributed by atoms with E-state index in [9.17, 15) is 9.18 Å². The Kier molecular flexibility index (Phi) is 13.3. The van der Waals surface area contributed by atoms with Gasteiger partial charge in [-0.1, -0.05) is 26.0 Å². The number of primary amides is 1. The number of benzene rings is 2. The Bertz CT molecular complexity index is 1850. The second-order valence-corrected chi connectivity index (χ2v) is 14.7. The van der Waals surface area contributed by atoms with Gasteiger partial charge in [0.1, 0.15) is 18.2 Å². The van der Waals surface area contributed by atoms with Crippen molar-refractivity contribution >= 4 is 16.9 Å². The minimum absolute atomic E-state index is 0.0419. The van der Waals surface area contributed by atoms with Crippen molar-refractivity contribution in [3.63, 3.8) is 0 Å². The summed E-state index contributed by atoms with van der Waals surface area (Å²) in [5, 5.41) is 8.95. The lowest BCUT2D eigenvalue weighted by Crippen LogP contribution is -2.35. The van der Waals surface area contributed by atoms with E-state index in [4.69, 9.17) is 40.9 Å². The summed E-state index contributed by atoms with van der Waals surface area (Å²) in [6, 6.07) is 17.5. The molecule has 2 aliphatic heterocycles. The molecule has 0 saturated carbocycles. The number of pyridine rings is 1. The maximum absolute atomic E-state index is 14.3. The van der Waals surface area contributed by atoms with Crippen LogP contribution in [0.2, 0.25) is 0 Å². The fraction of sp³-hybridized carbons (Fsp3) is 0.500. The summed E-state index contributed by atoms with van der Waals surface area (Å²) >= 11 is 0. The maximum atomic E-state index is 14.3. The molecule has 11 nitrogen and oxygen atoms in total. The predicted octanol–water partition coefficient (Wildman–Crippen LogP) is 6.07. The molecular weight excluding hydrogens is 661 g/mol. The van der Waals surface area contributed by atoms with Crippen molar-refractivity contribution in [2.75, 3.05) is 32.8 Å². The minimum Gasteiger partial charge on any atom is -0.473 e. The molecule has 2 saturated heterocycles. The predicted molar refractivity (Wildman–Crippen MR) is 198 cm³/mol. The van der Waals surface area contributed by atoms with E-state index in [1.54, 1.807) is 24.3 Å². The number of nitrogens with two attached hydrogens (primary N) is 2. The molecule has 4 aromatic rings. The van der Waals surface area contributed by atoms with Gasteiger partial charge in [0, 0.05) is 48.6 Å². The fourth-order valence-corrected chi connectivity index (χ4v) is 6.17. The molecule has 4 heterocycles. The number of likely N-dealkylation sites (tertiary alicyclic amines) is 1. The number of hydrogen-bond acceptors (Lipinski definition) is 9. The molecule has 6 rings (SSSR count). The van der Waals surface area contributed by atoms with Crippen LogP contribution in [0.25, 0.3) is 11.0 Å². The third-order valence-electron chi connectivity index (χ3n) is 9.50. The van der Waals surface area contributed by atoms with Crippen LogP contribution in [0.5, 0.6) is 5.88 Å². The highest BCUT2D eigenvalue weighted by Crippen LogP contribution is 2.30. The van der Waals surface area contributed by atoms with Gasteiger partial charge in [0.25, 0.3) is 0 Å². The summed E-state index contributed by atoms with van der Waals surface area (Å²) in [5.41, 5.74) is 14.7. The molecule has 4 N–H and O–H groups in total. The van der Waals surface area contributed by atoms with Crippen molar-refractivity contribution in [1.29, 1.82) is 5.26 Å². The van der Waals surface area contributed by atoms with Crippen molar-refractivity contribution in [2.24, 2.45) is 17.4 Å². The molecule has 52 heavy (non-hydrogen) atoms. The standard InChI is InChI=1S/C32H33FN6O3.C8H19NO/c33-26-15-21(17-34)6-7-24(26)20-42-31-5-1-4-27(37-31)22-3-2-12-38(13-10-22)19-30-36-28-9-8-23(32(35)40)16-29(28)39(30)18-25-11-14-41-25;1-7(2)5-10-8(3,4)6-9/h1,4-9,15-16,22,25H,2-3,10-14,18-20H2,(H2,35,40);7H,5-6,9H2,1-4H3. The number of aromatic nitrogens is 3. The number of hydrogen-bond donors (Lipinski definition) is 2. The van der Waals surface area contributed by atoms with E-state index in [2.05, 4.69) is 23.3 Å². The first-order valence-electron chi connectivity index (χ1n) is 18.2. The number of rotatable bonds is 13. The van der Waals surface area contributed by atoms with Gasteiger partial charge in [0.05, 0.1) is 47.5 Å². The Hall–Kier alpha value is -4.41. The summed E-state index contributed by atoms with van der Waals surface area (Å²) < 4.78 is 33.5. The first-order chi connectivity index (χ1) is 24.9. The van der Waals surface area contributed by atoms with Gasteiger partial charge in [-0.15, -0.1) is 0 Å². The number of amides is 1. The number of ether oxygens (including phenoxy) is 3. The molecule has 2 unspecified atom stereocenters. The van der Waals surface area contributed by atoms with Crippen LogP contribution in [0.15, 0.2) is 54.6 Å². The largest absolute Gasteiger partial charge is 0.473 e. The quantitative estimate of drug-likeness (QED) is 0.168. The molecule has 0 aliphatic carbocycles. The van der Waals surface area contributed by atoms with Gasteiger partial charge in [-0.05, 0) is 94.9 Å². The lowest BCUT2D eigenvalue weighted by atomic mass is 9.96. The third-order valence-corrected chi connectivity index (χ3v) is 9.50. The van der Waals surface area contributed by atoms with E-state index in [1.165, 1.54) is 6.07 Å². The highest BCUT2D eigenvalue weighted by Gasteiger charge is 2.25. The highest BCUT2D eigenvalue weighted by molar-refractivity contribution is 5.96. The second-order valence-electron chi connectivity index (χ2n) is 14.7. The van der Waals surface area contributed by atoms with E-state index in [-0.39, 0.29) is 29.8 Å². The van der Waals surface area contributed by atoms with Gasteiger partial charge in [-0.3, -0.25) is 9.69 Å². The normalized spacial score (nSPS) is 17.9. The highest BCUT2D eigenvalue weighted by atomic mass is 19.1. The van der Waals surface area contributed by atoms with Crippen molar-refractivity contribution in [3.8, 4) is 11.9 Å². The van der Waals surface area contributed by atoms with Gasteiger partial charge in [0.2, 0.25) is 11.8 Å². The van der Waals surface area contributed by atoms with Crippen LogP contribution in [-0.4, -0.2) is 69.9 Å². The first-order valence-corrected chi connectivity index (χ1v) is 18.2. The van der Waals surface area contributed by atoms with Crippen molar-refractivity contribution in [1.82, 2.24) is 19.4 Å². The summed E-state index contributed by atoms with van der Waals surface area (Å²) in [6.07, 6.45) is 4.13. The van der Waals surface area contributed by atoms with Crippen molar-refractivity contribution in [2.45, 2.75) is 90.7 Å². The number of imidazole rings is 1. The van der Waals surface area contributed by atoms with Crippen LogP contribution in [0.1, 0.15) is 92.3 Å². The third kappa shape index (κ3) is 10.6. The van der Waals surface area contributed by atoms with Crippen LogP contribution in [-0.2, 0) is 29.2 Å². The lowest BCUT2D eigenvalue weighted by Gasteiger charge is -2.28. The fourth-order valence-electron chi connectivity index (χ4n) is 6.17. The Morgan fingerprint density at radius 3 is 2.60 bits per heavy atom. The SMILES string of the molecule is CC(C)COC(C)(C)CN.N#Cc1ccc(COc2cccc(C3CCCN(Cc4nc5ccc(C(N)=O)cc5n4CC4CCO4)CC3)n2)c(F)c1. The summed E-state index contributed by atoms with van der Waals surface area (Å²) in [6.45, 7) is 13.7. The molecule has 278 valence electrons. The Morgan fingerprint density at radius 2 is 1.92 bits per heavy atom. The van der Waals surface area contributed by atoms with Gasteiger partial charge in [-0.25, -0.2) is 14.4 Å². The van der Waals surface area contributed by atoms with Gasteiger partial charge < -0.3 is 30.2 Å². The molecule has 0 bridgehead atoms. The number of nitriles is 1. The van der Waals surface area contributed by atoms with Crippen LogP contribution < -0.4 is 16.2 Å². The molecule has 0 radical (unpaired) electrons. The Balaban J connectivity index is 0.000000459. The molecule has 1 amide bonds. The molecular formula is C40H52FN7O4. The van der Waals surface area contributed by atoms with Crippen LogP contribution in [0.4, 0.5) is 4.39 Å². The molecule has 12 heteroatoms. The molecule has 2 aromatic carbocycles. The number of carbonyl (C=O) groups is 1. The van der Waals surface area contributed by atoms with Gasteiger partial charge in [-0.2, -0.15) is 5.26 Å². The van der Waals surface area contributed by atoms with Crippen molar-refractivity contribution < 1.29 is 23.4 Å². The zero-order chi connectivity index (χ0) is 37.3. The summed E-state index contributed by atoms with van der Waals surface area (Å²) in [7, 11) is 0. The smallest absolute Gasteiger partial charge is 0.248 e. The summed E-state index contributed by atoms with van der Waals surface area (Å²) in [5.74, 6) is 1.38. The van der Waals surface area contributed by atoms with E-state index in [0.717, 1.165) is 74.5 Å². The Labute approximate surface area is 306 Å². The zero-order valence-corrected chi connectivity index (χ0v) is 30.8. The number of halogens is 1. The second kappa shape index (κ2) is 17.9. The van der Waals surface area contributed by atoms with Crippen LogP contribution in [0, 0.1) is 23.1 Å². The molecule has 2 atom stereocenters. The number of fused-ring (bicyclic) bond motifs is 1. The topological polar surface area (TPSA) is 155 Å². The molecule has 2 aromatic heterocycles. The average Bonchev–Trinajstić information content (AvgIpc) is 3.27. The monoisotopic (exact) mass is 713 g/mol. The number of nitrogens with zero attached hydrogens (tertiary/aromatic N) is 5. The van der Waals surface area contributed by atoms with E-state index < -0.39 is 11.7 Å². The van der Waals surface area contributed by atoms with Crippen molar-refractivity contribution in [3.05, 3.63) is 88.6 Å². The molecule has 0 spiro atoms. The lowest BCUT2D eigenvalue weighted by molar-refractivity contribution is -0.0592. The van der Waals surface area contributed by atoms with Gasteiger partial charge >= 0.3 is 0 Å². The van der Waals surface area contributed by atoms with E-state index in [0.29, 0.717) is 42.6 Å². The Morgan fingerprint density at radius 1 is 1.12 bits per heavy atom. The minimum atomic E-state index is -0.462. The molecule has 2 fully saturated rings.